The third-order valence-corrected chi connectivity index (χ3v) is 2.07. The van der Waals surface area contributed by atoms with Gasteiger partial charge in [0.15, 0.2) is 0 Å². The van der Waals surface area contributed by atoms with Gasteiger partial charge in [0.25, 0.3) is 0 Å². The van der Waals surface area contributed by atoms with Crippen LogP contribution in [0, 0.1) is 0 Å². The highest BCUT2D eigenvalue weighted by molar-refractivity contribution is 5.30. The van der Waals surface area contributed by atoms with Crippen molar-refractivity contribution in [3.05, 3.63) is 65.5 Å². The van der Waals surface area contributed by atoms with Crippen molar-refractivity contribution in [1.29, 1.82) is 0 Å². The first-order chi connectivity index (χ1) is 17.2. The molecule has 0 aliphatic carbocycles. The third kappa shape index (κ3) is 5.77. The van der Waals surface area contributed by atoms with Gasteiger partial charge in [0.2, 0.25) is 0 Å². The van der Waals surface area contributed by atoms with Crippen molar-refractivity contribution in [2.45, 2.75) is 18.6 Å². The maximum Gasteiger partial charge on any atom is 0.416 e. The average Bonchev–Trinajstić information content (AvgIpc) is 2.75. The number of halogens is 4. The standard InChI is InChI=1S/C17H18F3NO.ClH/c1-21-12-11-16(13-5-3-2-4-6-13)22-15-9-7-14(8-10-15)17(18,19)20;/h2-10,16,21H,11-12H2,1H3;1H/i1D3,2D,3D,4D,5D,6D,7D,8D,9D,10D,11D2,12D2,16D;. The monoisotopic (exact) mass is 362 g/mol. The van der Waals surface area contributed by atoms with E-state index in [-0.39, 0.29) is 17.7 Å². The molecule has 0 fully saturated rings. The number of hydrogen-bond donors (Lipinski definition) is 1. The quantitative estimate of drug-likeness (QED) is 0.791. The minimum absolute atomic E-state index is 0. The fourth-order valence-corrected chi connectivity index (χ4v) is 1.20. The molecule has 1 atom stereocenters. The largest absolute Gasteiger partial charge is 1.00 e. The lowest BCUT2D eigenvalue weighted by Crippen LogP contribution is -3.00. The molecule has 6 heteroatoms. The normalized spacial score (nSPS) is 26.1. The van der Waals surface area contributed by atoms with Crippen LogP contribution >= 0.6 is 0 Å². The molecule has 0 amide bonds. The van der Waals surface area contributed by atoms with Gasteiger partial charge in [-0.3, -0.25) is 0 Å². The van der Waals surface area contributed by atoms with Gasteiger partial charge in [-0.2, -0.15) is 13.2 Å². The van der Waals surface area contributed by atoms with E-state index in [1.165, 1.54) is 0 Å². The predicted molar refractivity (Wildman–Crippen MR) is 78.6 cm³/mol. The van der Waals surface area contributed by atoms with Gasteiger partial charge >= 0.3 is 6.18 Å². The van der Waals surface area contributed by atoms with E-state index in [2.05, 4.69) is 0 Å². The molecule has 2 aromatic rings. The average molecular weight is 363 g/mol. The Labute approximate surface area is 164 Å². The van der Waals surface area contributed by atoms with Crippen molar-refractivity contribution in [2.75, 3.05) is 13.5 Å². The second kappa shape index (κ2) is 8.79. The minimum atomic E-state index is -5.41. The van der Waals surface area contributed by atoms with Crippen molar-refractivity contribution in [1.82, 2.24) is 0 Å². The van der Waals surface area contributed by atoms with Crippen LogP contribution in [0.4, 0.5) is 13.2 Å². The summed E-state index contributed by atoms with van der Waals surface area (Å²) >= 11 is 0. The molecule has 23 heavy (non-hydrogen) atoms. The summed E-state index contributed by atoms with van der Waals surface area (Å²) in [5.41, 5.74) is -3.52. The van der Waals surface area contributed by atoms with Gasteiger partial charge in [-0.1, -0.05) is 30.2 Å². The molecule has 0 aliphatic heterocycles. The van der Waals surface area contributed by atoms with Crippen LogP contribution in [0.25, 0.3) is 0 Å². The van der Waals surface area contributed by atoms with Crippen LogP contribution in [0.3, 0.4) is 0 Å². The summed E-state index contributed by atoms with van der Waals surface area (Å²) in [6, 6.07) is -12.9. The maximum atomic E-state index is 13.4. The van der Waals surface area contributed by atoms with Crippen LogP contribution in [-0.4, -0.2) is 13.5 Å². The number of nitrogens with two attached hydrogens (primary N) is 1. The molecular formula is C17H19ClF3NO. The van der Waals surface area contributed by atoms with Crippen LogP contribution < -0.4 is 22.5 Å². The number of rotatable bonds is 6. The lowest BCUT2D eigenvalue weighted by atomic mass is 10.1. The van der Waals surface area contributed by atoms with Crippen LogP contribution in [0.15, 0.2) is 54.4 Å². The Morgan fingerprint density at radius 3 is 2.43 bits per heavy atom. The zero-order valence-corrected chi connectivity index (χ0v) is 11.8. The van der Waals surface area contributed by atoms with Crippen LogP contribution in [-0.2, 0) is 6.18 Å². The molecule has 126 valence electrons. The number of benzene rings is 2. The number of hydrogen-bond acceptors (Lipinski definition) is 1. The summed E-state index contributed by atoms with van der Waals surface area (Å²) in [7, 11) is 0. The second-order valence-corrected chi connectivity index (χ2v) is 3.55. The topological polar surface area (TPSA) is 25.8 Å². The first-order valence-corrected chi connectivity index (χ1v) is 5.55. The van der Waals surface area contributed by atoms with E-state index in [0.717, 1.165) is 0 Å². The zero-order chi connectivity index (χ0) is 30.8. The highest BCUT2D eigenvalue weighted by Crippen LogP contribution is 2.31. The Bertz CT molecular complexity index is 1260. The fourth-order valence-electron chi connectivity index (χ4n) is 1.20. The van der Waals surface area contributed by atoms with Crippen molar-refractivity contribution in [3.8, 4) is 5.75 Å². The smallest absolute Gasteiger partial charge is 0.416 e. The SMILES string of the molecule is [2H]c1c([2H])c([2H])c(C([2H])(Oc2c([2H])c([2H])c(C(F)(F)F)c([2H])c2[2H])C([2H])([2H])C([2H])([2H])[NH2+]C([2H])([2H])[2H])c([2H])c1[2H].[Cl-]. The molecule has 0 spiro atoms. The van der Waals surface area contributed by atoms with Crippen molar-refractivity contribution < 1.29 is 58.9 Å². The molecule has 1 unspecified atom stereocenters. The highest BCUT2D eigenvalue weighted by Gasteiger charge is 2.30. The van der Waals surface area contributed by atoms with E-state index in [9.17, 15) is 13.2 Å². The van der Waals surface area contributed by atoms with Gasteiger partial charge in [-0.15, -0.1) is 0 Å². The number of quaternary nitrogens is 1. The molecule has 2 nitrogen and oxygen atoms in total. The maximum absolute atomic E-state index is 13.4. The molecule has 0 aromatic heterocycles. The van der Waals surface area contributed by atoms with Gasteiger partial charge in [0.05, 0.1) is 39.6 Å². The van der Waals surface area contributed by atoms with Crippen molar-refractivity contribution in [2.24, 2.45) is 0 Å². The number of alkyl halides is 3. The first-order valence-electron chi connectivity index (χ1n) is 14.1. The van der Waals surface area contributed by atoms with Crippen molar-refractivity contribution >= 4 is 0 Å². The molecule has 2 rings (SSSR count). The highest BCUT2D eigenvalue weighted by atomic mass is 35.5. The van der Waals surface area contributed by atoms with Crippen LogP contribution in [0.5, 0.6) is 5.75 Å². The summed E-state index contributed by atoms with van der Waals surface area (Å²) in [6.45, 7) is -7.09. The molecule has 0 heterocycles. The number of ether oxygens (including phenoxy) is 1. The lowest BCUT2D eigenvalue weighted by molar-refractivity contribution is -0.628. The van der Waals surface area contributed by atoms with Gasteiger partial charge in [-0.25, -0.2) is 0 Å². The molecule has 0 bridgehead atoms. The Hall–Kier alpha value is -1.72. The Morgan fingerprint density at radius 1 is 1.22 bits per heavy atom. The molecule has 0 aliphatic rings. The van der Waals surface area contributed by atoms with E-state index >= 15 is 0 Å². The van der Waals surface area contributed by atoms with Gasteiger partial charge < -0.3 is 22.5 Å². The molecule has 0 saturated carbocycles. The van der Waals surface area contributed by atoms with E-state index in [1.807, 2.05) is 0 Å². The molecule has 0 saturated heterocycles. The molecule has 0 radical (unpaired) electrons. The third-order valence-electron chi connectivity index (χ3n) is 2.07. The van der Waals surface area contributed by atoms with Crippen LogP contribution in [0.2, 0.25) is 0 Å². The van der Waals surface area contributed by atoms with Gasteiger partial charge in [0, 0.05) is 9.11 Å². The first kappa shape index (κ1) is 5.97. The zero-order valence-electron chi connectivity index (χ0n) is 28.0. The predicted octanol–water partition coefficient (Wildman–Crippen LogP) is 0.413. The fraction of sp³-hybridized carbons (Fsp3) is 0.294. The Balaban J connectivity index is 0.00000800. The van der Waals surface area contributed by atoms with E-state index < -0.39 is 103 Å². The molecular weight excluding hydrogens is 327 g/mol. The van der Waals surface area contributed by atoms with E-state index in [1.54, 1.807) is 0 Å². The minimum Gasteiger partial charge on any atom is -1.00 e. The second-order valence-electron chi connectivity index (χ2n) is 3.55. The summed E-state index contributed by atoms with van der Waals surface area (Å²) in [6.07, 6.45) is -13.5. The molecule has 2 N–H and O–H groups in total. The van der Waals surface area contributed by atoms with Crippen molar-refractivity contribution in [3.63, 3.8) is 0 Å². The van der Waals surface area contributed by atoms with Gasteiger partial charge in [0.1, 0.15) is 11.8 Å². The summed E-state index contributed by atoms with van der Waals surface area (Å²) in [5.74, 6) is -1.56. The summed E-state index contributed by atoms with van der Waals surface area (Å²) in [4.78, 5) is 0. The summed E-state index contributed by atoms with van der Waals surface area (Å²) < 4.78 is 180. The lowest BCUT2D eigenvalue weighted by Gasteiger charge is -2.19. The van der Waals surface area contributed by atoms with Gasteiger partial charge in [-0.05, 0) is 29.7 Å². The van der Waals surface area contributed by atoms with Crippen LogP contribution in [0.1, 0.15) is 46.9 Å². The Kier molecular flexibility index (Phi) is 2.28. The molecule has 2 aromatic carbocycles. The van der Waals surface area contributed by atoms with E-state index in [0.29, 0.717) is 0 Å². The van der Waals surface area contributed by atoms with E-state index in [4.69, 9.17) is 28.0 Å². The Morgan fingerprint density at radius 2 is 1.87 bits per heavy atom. The summed E-state index contributed by atoms with van der Waals surface area (Å²) in [5, 5.41) is -0.191.